The summed E-state index contributed by atoms with van der Waals surface area (Å²) in [5.41, 5.74) is 2.25. The van der Waals surface area contributed by atoms with E-state index in [0.29, 0.717) is 35.4 Å². The predicted molar refractivity (Wildman–Crippen MR) is 129 cm³/mol. The van der Waals surface area contributed by atoms with Gasteiger partial charge in [0.1, 0.15) is 11.6 Å². The number of nitrogens with zero attached hydrogens (tertiary/aromatic N) is 4. The highest BCUT2D eigenvalue weighted by atomic mass is 32.1. The monoisotopic (exact) mass is 466 g/mol. The normalized spacial score (nSPS) is 13.5. The molecule has 0 bridgehead atoms. The van der Waals surface area contributed by atoms with Crippen LogP contribution in [-0.4, -0.2) is 60.1 Å². The number of hydrogen-bond acceptors (Lipinski definition) is 7. The molecule has 2 N–H and O–H groups in total. The van der Waals surface area contributed by atoms with Gasteiger partial charge in [0, 0.05) is 37.8 Å². The molecule has 10 heteroatoms. The third-order valence-corrected chi connectivity index (χ3v) is 6.09. The first kappa shape index (κ1) is 22.5. The number of urea groups is 1. The van der Waals surface area contributed by atoms with Crippen molar-refractivity contribution in [3.8, 4) is 5.75 Å². The van der Waals surface area contributed by atoms with Crippen molar-refractivity contribution in [2.75, 3.05) is 48.8 Å². The van der Waals surface area contributed by atoms with Gasteiger partial charge in [-0.3, -0.25) is 10.1 Å². The van der Waals surface area contributed by atoms with E-state index in [1.165, 1.54) is 11.3 Å². The van der Waals surface area contributed by atoms with Gasteiger partial charge in [0.05, 0.1) is 24.9 Å². The average molecular weight is 467 g/mol. The van der Waals surface area contributed by atoms with Crippen molar-refractivity contribution >= 4 is 39.9 Å². The lowest BCUT2D eigenvalue weighted by atomic mass is 10.2. The average Bonchev–Trinajstić information content (AvgIpc) is 3.27. The highest BCUT2D eigenvalue weighted by Crippen LogP contribution is 2.25. The van der Waals surface area contributed by atoms with E-state index in [-0.39, 0.29) is 18.4 Å². The molecule has 1 saturated heterocycles. The number of methoxy groups -OCH3 is 1. The van der Waals surface area contributed by atoms with E-state index in [9.17, 15) is 9.59 Å². The number of amides is 3. The molecule has 172 valence electrons. The van der Waals surface area contributed by atoms with Crippen molar-refractivity contribution in [2.45, 2.75) is 13.3 Å². The van der Waals surface area contributed by atoms with Gasteiger partial charge in [0.15, 0.2) is 5.13 Å². The summed E-state index contributed by atoms with van der Waals surface area (Å²) in [5.74, 6) is 1.33. The molecule has 2 aromatic heterocycles. The van der Waals surface area contributed by atoms with Crippen molar-refractivity contribution in [1.82, 2.24) is 14.9 Å². The first-order chi connectivity index (χ1) is 16.0. The number of nitrogens with one attached hydrogen (secondary N) is 2. The molecule has 3 amide bonds. The Morgan fingerprint density at radius 3 is 2.67 bits per heavy atom. The molecule has 1 aliphatic heterocycles. The zero-order valence-electron chi connectivity index (χ0n) is 18.6. The summed E-state index contributed by atoms with van der Waals surface area (Å²) < 4.78 is 5.33. The first-order valence-corrected chi connectivity index (χ1v) is 11.5. The number of thiazole rings is 1. The van der Waals surface area contributed by atoms with Crippen molar-refractivity contribution in [3.63, 3.8) is 0 Å². The number of anilines is 3. The molecule has 0 saturated carbocycles. The molecule has 3 heterocycles. The first-order valence-electron chi connectivity index (χ1n) is 10.6. The number of carbonyl (C=O) groups excluding carboxylic acids is 2. The van der Waals surface area contributed by atoms with Gasteiger partial charge in [-0.25, -0.2) is 14.8 Å². The minimum Gasteiger partial charge on any atom is -0.495 e. The molecule has 0 radical (unpaired) electrons. The van der Waals surface area contributed by atoms with Crippen molar-refractivity contribution in [2.24, 2.45) is 0 Å². The second kappa shape index (κ2) is 10.3. The fourth-order valence-electron chi connectivity index (χ4n) is 3.56. The Kier molecular flexibility index (Phi) is 7.04. The predicted octanol–water partition coefficient (Wildman–Crippen LogP) is 3.39. The zero-order chi connectivity index (χ0) is 23.2. The van der Waals surface area contributed by atoms with Gasteiger partial charge in [-0.2, -0.15) is 0 Å². The van der Waals surface area contributed by atoms with Gasteiger partial charge >= 0.3 is 6.03 Å². The molecule has 33 heavy (non-hydrogen) atoms. The molecular formula is C23H26N6O3S. The van der Waals surface area contributed by atoms with E-state index in [0.717, 1.165) is 24.5 Å². The maximum Gasteiger partial charge on any atom is 0.323 e. The van der Waals surface area contributed by atoms with Crippen LogP contribution in [0.1, 0.15) is 11.3 Å². The Labute approximate surface area is 196 Å². The summed E-state index contributed by atoms with van der Waals surface area (Å²) >= 11 is 1.30. The summed E-state index contributed by atoms with van der Waals surface area (Å²) in [6, 6.07) is 11.2. The number of piperazine rings is 1. The van der Waals surface area contributed by atoms with Gasteiger partial charge in [-0.15, -0.1) is 11.3 Å². The van der Waals surface area contributed by atoms with Gasteiger partial charge in [0.25, 0.3) is 0 Å². The Morgan fingerprint density at radius 2 is 1.94 bits per heavy atom. The van der Waals surface area contributed by atoms with E-state index in [1.807, 2.05) is 43.3 Å². The summed E-state index contributed by atoms with van der Waals surface area (Å²) in [6.45, 7) is 4.59. The van der Waals surface area contributed by atoms with Crippen LogP contribution in [0.25, 0.3) is 0 Å². The van der Waals surface area contributed by atoms with Crippen molar-refractivity contribution in [1.29, 1.82) is 0 Å². The number of hydrogen-bond donors (Lipinski definition) is 2. The van der Waals surface area contributed by atoms with Crippen molar-refractivity contribution in [3.05, 3.63) is 59.2 Å². The number of carbonyl (C=O) groups is 2. The Bertz CT molecular complexity index is 1110. The second-order valence-electron chi connectivity index (χ2n) is 7.66. The highest BCUT2D eigenvalue weighted by molar-refractivity contribution is 7.13. The fraction of sp³-hybridized carbons (Fsp3) is 0.304. The molecule has 0 atom stereocenters. The van der Waals surface area contributed by atoms with Crippen LogP contribution < -0.4 is 20.3 Å². The standard InChI is InChI=1S/C23H26N6O3S/c1-16-6-7-18(19(13-16)32-2)26-21(30)14-17-15-33-22(25-17)27-23(31)29-11-9-28(10-12-29)20-5-3-4-8-24-20/h3-8,13,15H,9-12,14H2,1-2H3,(H,26,30)(H,25,27,31). The molecule has 3 aromatic rings. The fourth-order valence-corrected chi connectivity index (χ4v) is 4.26. The van der Waals surface area contributed by atoms with Crippen LogP contribution in [-0.2, 0) is 11.2 Å². The second-order valence-corrected chi connectivity index (χ2v) is 8.52. The van der Waals surface area contributed by atoms with E-state index in [1.54, 1.807) is 23.6 Å². The lowest BCUT2D eigenvalue weighted by molar-refractivity contribution is -0.115. The topological polar surface area (TPSA) is 99.7 Å². The van der Waals surface area contributed by atoms with Gasteiger partial charge in [0.2, 0.25) is 5.91 Å². The van der Waals surface area contributed by atoms with Crippen LogP contribution in [0.3, 0.4) is 0 Å². The SMILES string of the molecule is COc1cc(C)ccc1NC(=O)Cc1csc(NC(=O)N2CCN(c3ccccn3)CC2)n1. The minimum atomic E-state index is -0.203. The van der Waals surface area contributed by atoms with Gasteiger partial charge in [-0.1, -0.05) is 12.1 Å². The van der Waals surface area contributed by atoms with Gasteiger partial charge in [-0.05, 0) is 36.8 Å². The summed E-state index contributed by atoms with van der Waals surface area (Å²) in [7, 11) is 1.57. The lowest BCUT2D eigenvalue weighted by Gasteiger charge is -2.35. The number of rotatable bonds is 6. The summed E-state index contributed by atoms with van der Waals surface area (Å²) in [6.07, 6.45) is 1.87. The minimum absolute atomic E-state index is 0.103. The summed E-state index contributed by atoms with van der Waals surface area (Å²) in [5, 5.41) is 7.95. The summed E-state index contributed by atoms with van der Waals surface area (Å²) in [4.78, 5) is 37.8. The molecule has 9 nitrogen and oxygen atoms in total. The van der Waals surface area contributed by atoms with Gasteiger partial charge < -0.3 is 19.9 Å². The number of pyridine rings is 1. The van der Waals surface area contributed by atoms with Crippen molar-refractivity contribution < 1.29 is 14.3 Å². The van der Waals surface area contributed by atoms with E-state index >= 15 is 0 Å². The van der Waals surface area contributed by atoms with Crippen LogP contribution in [0.5, 0.6) is 5.75 Å². The largest absolute Gasteiger partial charge is 0.495 e. The molecule has 0 aliphatic carbocycles. The zero-order valence-corrected chi connectivity index (χ0v) is 19.4. The van der Waals surface area contributed by atoms with Crippen LogP contribution in [0.2, 0.25) is 0 Å². The highest BCUT2D eigenvalue weighted by Gasteiger charge is 2.22. The lowest BCUT2D eigenvalue weighted by Crippen LogP contribution is -2.50. The molecule has 4 rings (SSSR count). The Morgan fingerprint density at radius 1 is 1.12 bits per heavy atom. The number of benzene rings is 1. The van der Waals surface area contributed by atoms with Crippen LogP contribution in [0.4, 0.5) is 21.4 Å². The Balaban J connectivity index is 1.27. The third-order valence-electron chi connectivity index (χ3n) is 5.28. The molecule has 1 fully saturated rings. The Hall–Kier alpha value is -3.66. The molecule has 0 unspecified atom stereocenters. The molecule has 1 aromatic carbocycles. The number of ether oxygens (including phenoxy) is 1. The number of aryl methyl sites for hydroxylation is 1. The maximum absolute atomic E-state index is 12.6. The number of aromatic nitrogens is 2. The van der Waals surface area contributed by atoms with E-state index in [4.69, 9.17) is 4.74 Å². The van der Waals surface area contributed by atoms with E-state index < -0.39 is 0 Å². The molecule has 0 spiro atoms. The molecule has 1 aliphatic rings. The smallest absolute Gasteiger partial charge is 0.323 e. The van der Waals surface area contributed by atoms with E-state index in [2.05, 4.69) is 25.5 Å². The maximum atomic E-state index is 12.6. The molecular weight excluding hydrogens is 440 g/mol. The third kappa shape index (κ3) is 5.78. The van der Waals surface area contributed by atoms with Crippen LogP contribution in [0, 0.1) is 6.92 Å². The van der Waals surface area contributed by atoms with Crippen LogP contribution in [0.15, 0.2) is 48.0 Å². The van der Waals surface area contributed by atoms with Crippen LogP contribution >= 0.6 is 11.3 Å². The quantitative estimate of drug-likeness (QED) is 0.578.